The Hall–Kier alpha value is -2.79. The molecule has 0 N–H and O–H groups in total. The van der Waals surface area contributed by atoms with Crippen LogP contribution in [0, 0.1) is 6.92 Å². The van der Waals surface area contributed by atoms with Crippen molar-refractivity contribution in [2.45, 2.75) is 36.9 Å². The largest absolute Gasteiger partial charge is 0.419 e. The SMILES string of the molecule is Cc1ccc(-c2nnc([C@H]3CCCN3S(=O)(=O)c3cccc(C(F)(F)F)c3)o2)cn1. The van der Waals surface area contributed by atoms with Gasteiger partial charge in [-0.25, -0.2) is 8.42 Å². The lowest BCUT2D eigenvalue weighted by atomic mass is 10.2. The zero-order valence-electron chi connectivity index (χ0n) is 15.8. The fourth-order valence-corrected chi connectivity index (χ4v) is 5.02. The summed E-state index contributed by atoms with van der Waals surface area (Å²) < 4.78 is 72.0. The molecule has 7 nitrogen and oxygen atoms in total. The molecule has 30 heavy (non-hydrogen) atoms. The molecule has 1 aromatic carbocycles. The highest BCUT2D eigenvalue weighted by Crippen LogP contribution is 2.38. The highest BCUT2D eigenvalue weighted by molar-refractivity contribution is 7.89. The van der Waals surface area contributed by atoms with Crippen molar-refractivity contribution in [2.24, 2.45) is 0 Å². The van der Waals surface area contributed by atoms with Gasteiger partial charge in [-0.1, -0.05) is 6.07 Å². The predicted octanol–water partition coefficient (Wildman–Crippen LogP) is 3.98. The molecule has 0 radical (unpaired) electrons. The standard InChI is InChI=1S/C19H17F3N4O3S/c1-12-7-8-13(11-23-12)17-24-25-18(29-17)16-6-3-9-26(16)30(27,28)15-5-2-4-14(10-15)19(20,21)22/h2,4-5,7-8,10-11,16H,3,6,9H2,1H3/t16-/m1/s1. The zero-order chi connectivity index (χ0) is 21.5. The van der Waals surface area contributed by atoms with Crippen molar-refractivity contribution in [1.29, 1.82) is 0 Å². The monoisotopic (exact) mass is 438 g/mol. The van der Waals surface area contributed by atoms with Crippen molar-refractivity contribution in [3.05, 3.63) is 59.7 Å². The second kappa shape index (κ2) is 7.47. The number of hydrogen-bond acceptors (Lipinski definition) is 6. The Morgan fingerprint density at radius 3 is 2.67 bits per heavy atom. The summed E-state index contributed by atoms with van der Waals surface area (Å²) in [5.74, 6) is 0.291. The second-order valence-corrected chi connectivity index (χ2v) is 8.82. The summed E-state index contributed by atoms with van der Waals surface area (Å²) in [4.78, 5) is 3.73. The van der Waals surface area contributed by atoms with E-state index in [1.807, 2.05) is 6.92 Å². The summed E-state index contributed by atoms with van der Waals surface area (Å²) >= 11 is 0. The number of halogens is 3. The maximum Gasteiger partial charge on any atom is 0.416 e. The molecule has 1 saturated heterocycles. The molecule has 0 saturated carbocycles. The quantitative estimate of drug-likeness (QED) is 0.612. The zero-order valence-corrected chi connectivity index (χ0v) is 16.6. The Morgan fingerprint density at radius 1 is 1.17 bits per heavy atom. The van der Waals surface area contributed by atoms with E-state index >= 15 is 0 Å². The summed E-state index contributed by atoms with van der Waals surface area (Å²) in [7, 11) is -4.19. The summed E-state index contributed by atoms with van der Waals surface area (Å²) in [5.41, 5.74) is 0.378. The van der Waals surface area contributed by atoms with Gasteiger partial charge in [0.1, 0.15) is 6.04 Å². The highest BCUT2D eigenvalue weighted by atomic mass is 32.2. The van der Waals surface area contributed by atoms with E-state index in [0.717, 1.165) is 28.2 Å². The molecule has 1 aliphatic heterocycles. The van der Waals surface area contributed by atoms with Crippen LogP contribution in [0.4, 0.5) is 13.2 Å². The van der Waals surface area contributed by atoms with Crippen LogP contribution in [0.3, 0.4) is 0 Å². The van der Waals surface area contributed by atoms with Gasteiger partial charge in [-0.2, -0.15) is 17.5 Å². The predicted molar refractivity (Wildman–Crippen MR) is 99.6 cm³/mol. The molecule has 1 atom stereocenters. The number of sulfonamides is 1. The van der Waals surface area contributed by atoms with E-state index in [1.54, 1.807) is 18.3 Å². The minimum atomic E-state index is -4.64. The Morgan fingerprint density at radius 2 is 1.97 bits per heavy atom. The van der Waals surface area contributed by atoms with E-state index in [9.17, 15) is 21.6 Å². The minimum Gasteiger partial charge on any atom is -0.419 e. The number of alkyl halides is 3. The first-order valence-corrected chi connectivity index (χ1v) is 10.6. The van der Waals surface area contributed by atoms with Gasteiger partial charge in [-0.05, 0) is 50.1 Å². The molecule has 0 amide bonds. The Kier molecular flexibility index (Phi) is 5.10. The van der Waals surface area contributed by atoms with Crippen LogP contribution in [-0.2, 0) is 16.2 Å². The molecule has 0 aliphatic carbocycles. The summed E-state index contributed by atoms with van der Waals surface area (Å²) in [5, 5.41) is 7.95. The van der Waals surface area contributed by atoms with E-state index < -0.39 is 32.7 Å². The Bertz CT molecular complexity index is 1160. The minimum absolute atomic E-state index is 0.0959. The first-order valence-electron chi connectivity index (χ1n) is 9.12. The van der Waals surface area contributed by atoms with Gasteiger partial charge in [0.05, 0.1) is 16.0 Å². The van der Waals surface area contributed by atoms with E-state index in [-0.39, 0.29) is 18.3 Å². The summed E-state index contributed by atoms with van der Waals surface area (Å²) in [6, 6.07) is 6.49. The van der Waals surface area contributed by atoms with Gasteiger partial charge < -0.3 is 4.42 Å². The molecule has 0 unspecified atom stereocenters. The molecular formula is C19H17F3N4O3S. The van der Waals surface area contributed by atoms with Crippen LogP contribution in [0.2, 0.25) is 0 Å². The van der Waals surface area contributed by atoms with Gasteiger partial charge in [0, 0.05) is 18.4 Å². The third-order valence-corrected chi connectivity index (χ3v) is 6.76. The maximum absolute atomic E-state index is 13.1. The van der Waals surface area contributed by atoms with E-state index in [2.05, 4.69) is 15.2 Å². The molecule has 158 valence electrons. The number of hydrogen-bond donors (Lipinski definition) is 0. The molecule has 2 aromatic heterocycles. The molecule has 0 spiro atoms. The van der Waals surface area contributed by atoms with Gasteiger partial charge in [0.15, 0.2) is 0 Å². The van der Waals surface area contributed by atoms with Gasteiger partial charge in [-0.15, -0.1) is 10.2 Å². The molecule has 4 rings (SSSR count). The number of aromatic nitrogens is 3. The van der Waals surface area contributed by atoms with Crippen LogP contribution in [0.1, 0.15) is 36.0 Å². The first-order chi connectivity index (χ1) is 14.2. The second-order valence-electron chi connectivity index (χ2n) is 6.93. The normalized spacial score (nSPS) is 18.1. The van der Waals surface area contributed by atoms with Crippen LogP contribution >= 0.6 is 0 Å². The third kappa shape index (κ3) is 3.82. The van der Waals surface area contributed by atoms with Gasteiger partial charge in [0.25, 0.3) is 0 Å². The number of pyridine rings is 1. The van der Waals surface area contributed by atoms with Crippen LogP contribution in [0.25, 0.3) is 11.5 Å². The van der Waals surface area contributed by atoms with Crippen molar-refractivity contribution in [3.63, 3.8) is 0 Å². The fraction of sp³-hybridized carbons (Fsp3) is 0.316. The third-order valence-electron chi connectivity index (χ3n) is 4.86. The fourth-order valence-electron chi connectivity index (χ4n) is 3.32. The van der Waals surface area contributed by atoms with Gasteiger partial charge in [0.2, 0.25) is 21.8 Å². The van der Waals surface area contributed by atoms with E-state index in [1.165, 1.54) is 0 Å². The molecule has 1 aliphatic rings. The van der Waals surface area contributed by atoms with Crippen molar-refractivity contribution in [3.8, 4) is 11.5 Å². The smallest absolute Gasteiger partial charge is 0.416 e. The molecule has 3 heterocycles. The lowest BCUT2D eigenvalue weighted by Crippen LogP contribution is -2.31. The molecule has 1 fully saturated rings. The van der Waals surface area contributed by atoms with E-state index in [4.69, 9.17) is 4.42 Å². The lowest BCUT2D eigenvalue weighted by molar-refractivity contribution is -0.137. The van der Waals surface area contributed by atoms with Crippen molar-refractivity contribution < 1.29 is 26.0 Å². The van der Waals surface area contributed by atoms with Crippen molar-refractivity contribution in [2.75, 3.05) is 6.54 Å². The van der Waals surface area contributed by atoms with Crippen molar-refractivity contribution in [1.82, 2.24) is 19.5 Å². The lowest BCUT2D eigenvalue weighted by Gasteiger charge is -2.22. The van der Waals surface area contributed by atoms with E-state index in [0.29, 0.717) is 24.5 Å². The average Bonchev–Trinajstić information content (AvgIpc) is 3.38. The van der Waals surface area contributed by atoms with Crippen LogP contribution in [0.5, 0.6) is 0 Å². The summed E-state index contributed by atoms with van der Waals surface area (Å²) in [6.45, 7) is 1.98. The number of nitrogens with zero attached hydrogens (tertiary/aromatic N) is 4. The maximum atomic E-state index is 13.1. The van der Waals surface area contributed by atoms with Crippen LogP contribution < -0.4 is 0 Å². The molecular weight excluding hydrogens is 421 g/mol. The number of rotatable bonds is 4. The molecule has 3 aromatic rings. The molecule has 0 bridgehead atoms. The number of aryl methyl sites for hydroxylation is 1. The van der Waals surface area contributed by atoms with Crippen LogP contribution in [-0.4, -0.2) is 34.4 Å². The summed E-state index contributed by atoms with van der Waals surface area (Å²) in [6.07, 6.45) is -2.13. The van der Waals surface area contributed by atoms with Gasteiger partial charge in [-0.3, -0.25) is 4.98 Å². The first kappa shape index (κ1) is 20.5. The number of benzene rings is 1. The Balaban J connectivity index is 1.65. The van der Waals surface area contributed by atoms with Crippen LogP contribution in [0.15, 0.2) is 51.9 Å². The van der Waals surface area contributed by atoms with Crippen molar-refractivity contribution >= 4 is 10.0 Å². The van der Waals surface area contributed by atoms with Gasteiger partial charge >= 0.3 is 6.18 Å². The molecule has 11 heteroatoms. The average molecular weight is 438 g/mol. The Labute approximate surface area is 170 Å². The topological polar surface area (TPSA) is 89.2 Å². The highest BCUT2D eigenvalue weighted by Gasteiger charge is 2.40.